The maximum atomic E-state index is 13.3. The fourth-order valence-corrected chi connectivity index (χ4v) is 4.63. The molecule has 1 saturated heterocycles. The Kier molecular flexibility index (Phi) is 6.23. The summed E-state index contributed by atoms with van der Waals surface area (Å²) < 4.78 is 1.56. The molecule has 1 aromatic heterocycles. The van der Waals surface area contributed by atoms with Gasteiger partial charge in [0, 0.05) is 13.0 Å². The summed E-state index contributed by atoms with van der Waals surface area (Å²) in [4.78, 5) is 43.7. The highest BCUT2D eigenvalue weighted by Gasteiger charge is 2.26. The number of hydrogen-bond acceptors (Lipinski definition) is 5. The summed E-state index contributed by atoms with van der Waals surface area (Å²) in [6, 6.07) is 15.1. The molecular weight excluding hydrogens is 410 g/mol. The molecule has 1 aliphatic rings. The number of fused-ring (bicyclic) bond motifs is 1. The highest BCUT2D eigenvalue weighted by Crippen LogP contribution is 2.25. The number of amides is 2. The summed E-state index contributed by atoms with van der Waals surface area (Å²) in [5.41, 5.74) is 2.34. The Morgan fingerprint density at radius 3 is 2.55 bits per heavy atom. The molecule has 2 amide bonds. The quantitative estimate of drug-likeness (QED) is 0.430. The molecule has 1 fully saturated rings. The van der Waals surface area contributed by atoms with E-state index in [1.807, 2.05) is 36.4 Å². The molecule has 0 saturated carbocycles. The van der Waals surface area contributed by atoms with E-state index in [0.29, 0.717) is 47.1 Å². The Morgan fingerprint density at radius 2 is 1.87 bits per heavy atom. The van der Waals surface area contributed by atoms with Gasteiger partial charge < -0.3 is 0 Å². The Balaban J connectivity index is 1.72. The van der Waals surface area contributed by atoms with E-state index in [1.165, 1.54) is 22.2 Å². The second kappa shape index (κ2) is 9.06. The van der Waals surface area contributed by atoms with Gasteiger partial charge in [-0.1, -0.05) is 49.9 Å². The average Bonchev–Trinajstić information content (AvgIpc) is 3.23. The number of benzene rings is 2. The minimum Gasteiger partial charge on any atom is -0.282 e. The van der Waals surface area contributed by atoms with Crippen LogP contribution >= 0.6 is 11.8 Å². The maximum absolute atomic E-state index is 13.3. The van der Waals surface area contributed by atoms with Crippen LogP contribution in [0.3, 0.4) is 0 Å². The van der Waals surface area contributed by atoms with Crippen LogP contribution < -0.4 is 5.56 Å². The van der Waals surface area contributed by atoms with Crippen LogP contribution in [0.2, 0.25) is 0 Å². The van der Waals surface area contributed by atoms with Crippen molar-refractivity contribution in [2.75, 3.05) is 12.3 Å². The monoisotopic (exact) mass is 435 g/mol. The van der Waals surface area contributed by atoms with Crippen molar-refractivity contribution in [1.82, 2.24) is 14.5 Å². The molecule has 7 heteroatoms. The first kappa shape index (κ1) is 21.3. The van der Waals surface area contributed by atoms with Gasteiger partial charge in [-0.2, -0.15) is 0 Å². The average molecular weight is 436 g/mol. The zero-order valence-corrected chi connectivity index (χ0v) is 18.5. The second-order valence-corrected chi connectivity index (χ2v) is 8.73. The molecule has 1 atom stereocenters. The molecule has 0 bridgehead atoms. The Labute approximate surface area is 185 Å². The van der Waals surface area contributed by atoms with Crippen molar-refractivity contribution < 1.29 is 9.59 Å². The number of carbonyl (C=O) groups excluding carboxylic acids is 2. The number of thioether (sulfide) groups is 1. The van der Waals surface area contributed by atoms with Crippen molar-refractivity contribution in [3.63, 3.8) is 0 Å². The predicted molar refractivity (Wildman–Crippen MR) is 123 cm³/mol. The van der Waals surface area contributed by atoms with Gasteiger partial charge in [0.1, 0.15) is 0 Å². The summed E-state index contributed by atoms with van der Waals surface area (Å²) in [5.74, 6) is 0.121. The number of rotatable bonds is 6. The molecule has 31 heavy (non-hydrogen) atoms. The summed E-state index contributed by atoms with van der Waals surface area (Å²) >= 11 is 1.19. The van der Waals surface area contributed by atoms with Gasteiger partial charge in [0.2, 0.25) is 11.8 Å². The lowest BCUT2D eigenvalue weighted by Crippen LogP contribution is -2.33. The number of hydrogen-bond donors (Lipinski definition) is 0. The Hall–Kier alpha value is -2.93. The smallest absolute Gasteiger partial charge is 0.266 e. The summed E-state index contributed by atoms with van der Waals surface area (Å²) in [6.45, 7) is 4.78. The van der Waals surface area contributed by atoms with E-state index in [1.54, 1.807) is 16.7 Å². The first-order valence-electron chi connectivity index (χ1n) is 10.6. The van der Waals surface area contributed by atoms with E-state index in [4.69, 9.17) is 0 Å². The largest absolute Gasteiger partial charge is 0.282 e. The summed E-state index contributed by atoms with van der Waals surface area (Å²) in [5, 5.41) is 0.971. The first-order chi connectivity index (χ1) is 15.0. The van der Waals surface area contributed by atoms with E-state index in [2.05, 4.69) is 18.8 Å². The number of nitrogens with zero attached hydrogens (tertiary/aromatic N) is 3. The van der Waals surface area contributed by atoms with E-state index >= 15 is 0 Å². The predicted octanol–water partition coefficient (Wildman–Crippen LogP) is 4.14. The van der Waals surface area contributed by atoms with Crippen molar-refractivity contribution >= 4 is 34.5 Å². The molecule has 3 aromatic rings. The molecule has 2 heterocycles. The zero-order valence-electron chi connectivity index (χ0n) is 17.7. The summed E-state index contributed by atoms with van der Waals surface area (Å²) in [7, 11) is 0. The molecule has 2 aromatic carbocycles. The second-order valence-electron chi connectivity index (χ2n) is 7.78. The van der Waals surface area contributed by atoms with E-state index in [9.17, 15) is 14.4 Å². The highest BCUT2D eigenvalue weighted by atomic mass is 32.2. The first-order valence-corrected chi connectivity index (χ1v) is 11.6. The van der Waals surface area contributed by atoms with Gasteiger partial charge in [0.25, 0.3) is 5.56 Å². The molecule has 0 spiro atoms. The van der Waals surface area contributed by atoms with Crippen LogP contribution in [0, 0.1) is 0 Å². The van der Waals surface area contributed by atoms with Gasteiger partial charge in [0.15, 0.2) is 5.16 Å². The minimum absolute atomic E-state index is 0.0570. The van der Waals surface area contributed by atoms with Gasteiger partial charge in [0.05, 0.1) is 22.3 Å². The lowest BCUT2D eigenvalue weighted by atomic mass is 9.98. The number of para-hydroxylation sites is 1. The van der Waals surface area contributed by atoms with Gasteiger partial charge in [-0.05, 0) is 48.6 Å². The number of imide groups is 1. The normalized spacial score (nSPS) is 14.9. The molecule has 1 aliphatic heterocycles. The van der Waals surface area contributed by atoms with Crippen LogP contribution in [-0.2, 0) is 9.59 Å². The third-order valence-corrected chi connectivity index (χ3v) is 6.70. The van der Waals surface area contributed by atoms with Crippen molar-refractivity contribution in [2.45, 2.75) is 44.2 Å². The molecule has 160 valence electrons. The van der Waals surface area contributed by atoms with E-state index in [0.717, 1.165) is 6.42 Å². The maximum Gasteiger partial charge on any atom is 0.266 e. The van der Waals surface area contributed by atoms with Crippen LogP contribution in [0.25, 0.3) is 16.6 Å². The molecule has 0 N–H and O–H groups in total. The third-order valence-electron chi connectivity index (χ3n) is 5.78. The van der Waals surface area contributed by atoms with Crippen LogP contribution in [0.15, 0.2) is 58.5 Å². The van der Waals surface area contributed by atoms with Crippen molar-refractivity contribution in [1.29, 1.82) is 0 Å². The van der Waals surface area contributed by atoms with Crippen LogP contribution in [-0.4, -0.2) is 38.6 Å². The van der Waals surface area contributed by atoms with E-state index < -0.39 is 0 Å². The fraction of sp³-hybridized carbons (Fsp3) is 0.333. The van der Waals surface area contributed by atoms with Gasteiger partial charge in [-0.15, -0.1) is 0 Å². The Bertz CT molecular complexity index is 1190. The van der Waals surface area contributed by atoms with Crippen LogP contribution in [0.5, 0.6) is 0 Å². The summed E-state index contributed by atoms with van der Waals surface area (Å²) in [6.07, 6.45) is 2.16. The number of likely N-dealkylation sites (tertiary alicyclic amines) is 1. The molecule has 0 aliphatic carbocycles. The van der Waals surface area contributed by atoms with Crippen LogP contribution in [0.4, 0.5) is 0 Å². The van der Waals surface area contributed by atoms with Gasteiger partial charge in [-0.3, -0.25) is 23.9 Å². The molecule has 0 radical (unpaired) electrons. The molecule has 1 unspecified atom stereocenters. The lowest BCUT2D eigenvalue weighted by Gasteiger charge is -2.16. The number of carbonyl (C=O) groups is 2. The van der Waals surface area contributed by atoms with Crippen LogP contribution in [0.1, 0.15) is 44.6 Å². The van der Waals surface area contributed by atoms with Crippen molar-refractivity contribution in [3.8, 4) is 5.69 Å². The zero-order chi connectivity index (χ0) is 22.0. The third kappa shape index (κ3) is 4.28. The lowest BCUT2D eigenvalue weighted by molar-refractivity contribution is -0.140. The Morgan fingerprint density at radius 1 is 1.13 bits per heavy atom. The number of aromatic nitrogens is 2. The highest BCUT2D eigenvalue weighted by molar-refractivity contribution is 7.99. The SMILES string of the molecule is CCC(C)c1ccc(-n2c(SCC(=O)N3CCCC3=O)nc3ccccc3c2=O)cc1. The molecular formula is C24H25N3O3S. The standard InChI is InChI=1S/C24H25N3O3S/c1-3-16(2)17-10-12-18(13-11-17)27-23(30)19-7-4-5-8-20(19)25-24(27)31-15-22(29)26-14-6-9-21(26)28/h4-5,7-8,10-13,16H,3,6,9,14-15H2,1-2H3. The van der Waals surface area contributed by atoms with Gasteiger partial charge >= 0.3 is 0 Å². The van der Waals surface area contributed by atoms with Gasteiger partial charge in [-0.25, -0.2) is 4.98 Å². The fourth-order valence-electron chi connectivity index (χ4n) is 3.74. The minimum atomic E-state index is -0.242. The molecule has 4 rings (SSSR count). The van der Waals surface area contributed by atoms with E-state index in [-0.39, 0.29) is 23.1 Å². The molecule has 6 nitrogen and oxygen atoms in total. The van der Waals surface area contributed by atoms with Crippen molar-refractivity contribution in [2.24, 2.45) is 0 Å². The van der Waals surface area contributed by atoms with Crippen molar-refractivity contribution in [3.05, 3.63) is 64.4 Å². The topological polar surface area (TPSA) is 72.3 Å².